The second-order valence-electron chi connectivity index (χ2n) is 8.21. The normalized spacial score (nSPS) is 44.6. The minimum atomic E-state index is -0.698. The van der Waals surface area contributed by atoms with E-state index in [1.54, 1.807) is 0 Å². The van der Waals surface area contributed by atoms with Crippen molar-refractivity contribution in [2.24, 2.45) is 11.8 Å². The number of fused-ring (bicyclic) bond motifs is 1. The Morgan fingerprint density at radius 3 is 2.64 bits per heavy atom. The van der Waals surface area contributed by atoms with E-state index >= 15 is 0 Å². The Kier molecular flexibility index (Phi) is 5.55. The van der Waals surface area contributed by atoms with E-state index in [-0.39, 0.29) is 5.60 Å². The zero-order valence-electron chi connectivity index (χ0n) is 15.1. The molecule has 22 heavy (non-hydrogen) atoms. The van der Waals surface area contributed by atoms with Crippen LogP contribution in [-0.4, -0.2) is 22.4 Å². The van der Waals surface area contributed by atoms with Gasteiger partial charge in [-0.1, -0.05) is 37.6 Å². The highest BCUT2D eigenvalue weighted by Crippen LogP contribution is 2.44. The van der Waals surface area contributed by atoms with E-state index in [0.717, 1.165) is 38.5 Å². The van der Waals surface area contributed by atoms with Gasteiger partial charge in [0.15, 0.2) is 0 Å². The van der Waals surface area contributed by atoms with Gasteiger partial charge in [-0.3, -0.25) is 0 Å². The first-order valence-electron chi connectivity index (χ1n) is 8.97. The van der Waals surface area contributed by atoms with E-state index in [1.165, 1.54) is 5.57 Å². The lowest BCUT2D eigenvalue weighted by atomic mass is 9.84. The lowest BCUT2D eigenvalue weighted by molar-refractivity contribution is 0.102. The molecule has 0 saturated carbocycles. The summed E-state index contributed by atoms with van der Waals surface area (Å²) >= 11 is 0. The Morgan fingerprint density at radius 1 is 1.23 bits per heavy atom. The number of epoxide rings is 1. The molecular weight excluding hydrogens is 272 g/mol. The van der Waals surface area contributed by atoms with Crippen LogP contribution in [0.2, 0.25) is 0 Å². The van der Waals surface area contributed by atoms with Crippen LogP contribution in [0.5, 0.6) is 0 Å². The van der Waals surface area contributed by atoms with Gasteiger partial charge in [0.1, 0.15) is 0 Å². The van der Waals surface area contributed by atoms with Gasteiger partial charge in [0.2, 0.25) is 0 Å². The first kappa shape index (κ1) is 17.7. The monoisotopic (exact) mass is 306 g/mol. The third-order valence-corrected chi connectivity index (χ3v) is 5.51. The van der Waals surface area contributed by atoms with E-state index in [2.05, 4.69) is 39.8 Å². The molecule has 0 amide bonds. The van der Waals surface area contributed by atoms with Gasteiger partial charge in [-0.05, 0) is 71.1 Å². The summed E-state index contributed by atoms with van der Waals surface area (Å²) in [7, 11) is 0. The van der Waals surface area contributed by atoms with Gasteiger partial charge in [0.25, 0.3) is 0 Å². The molecule has 0 bridgehead atoms. The zero-order valence-corrected chi connectivity index (χ0v) is 15.1. The Balaban J connectivity index is 2.11. The molecule has 1 saturated heterocycles. The highest BCUT2D eigenvalue weighted by molar-refractivity contribution is 5.08. The van der Waals surface area contributed by atoms with Crippen molar-refractivity contribution in [3.63, 3.8) is 0 Å². The minimum Gasteiger partial charge on any atom is -0.386 e. The molecule has 1 aliphatic carbocycles. The Bertz CT molecular complexity index is 433. The van der Waals surface area contributed by atoms with E-state index in [0.29, 0.717) is 17.9 Å². The van der Waals surface area contributed by atoms with E-state index in [9.17, 15) is 5.11 Å². The van der Waals surface area contributed by atoms with Crippen LogP contribution in [0.4, 0.5) is 0 Å². The van der Waals surface area contributed by atoms with Gasteiger partial charge in [0, 0.05) is 0 Å². The first-order valence-corrected chi connectivity index (χ1v) is 8.97. The molecule has 2 rings (SSSR count). The van der Waals surface area contributed by atoms with Crippen molar-refractivity contribution >= 4 is 0 Å². The van der Waals surface area contributed by atoms with Gasteiger partial charge >= 0.3 is 0 Å². The van der Waals surface area contributed by atoms with Crippen LogP contribution in [0.1, 0.15) is 73.1 Å². The van der Waals surface area contributed by atoms with Crippen LogP contribution in [0.15, 0.2) is 23.8 Å². The fourth-order valence-electron chi connectivity index (χ4n) is 3.47. The fraction of sp³-hybridized carbons (Fsp3) is 0.800. The maximum Gasteiger partial charge on any atom is 0.0920 e. The number of allylic oxidation sites excluding steroid dienone is 3. The number of rotatable bonds is 1. The lowest BCUT2D eigenvalue weighted by Crippen LogP contribution is -2.22. The van der Waals surface area contributed by atoms with Crippen molar-refractivity contribution < 1.29 is 9.84 Å². The summed E-state index contributed by atoms with van der Waals surface area (Å²) < 4.78 is 6.00. The van der Waals surface area contributed by atoms with Crippen LogP contribution in [0.25, 0.3) is 0 Å². The summed E-state index contributed by atoms with van der Waals surface area (Å²) in [6.07, 6.45) is 13.3. The van der Waals surface area contributed by atoms with E-state index in [1.807, 2.05) is 13.0 Å². The van der Waals surface area contributed by atoms with Gasteiger partial charge < -0.3 is 9.84 Å². The number of aliphatic hydroxyl groups is 1. The fourth-order valence-corrected chi connectivity index (χ4v) is 3.47. The number of ether oxygens (including phenoxy) is 1. The zero-order chi connectivity index (χ0) is 16.4. The molecule has 126 valence electrons. The van der Waals surface area contributed by atoms with Crippen LogP contribution in [0, 0.1) is 11.8 Å². The minimum absolute atomic E-state index is 0.0912. The second-order valence-corrected chi connectivity index (χ2v) is 8.21. The molecular formula is C20H34O2. The van der Waals surface area contributed by atoms with Crippen LogP contribution < -0.4 is 0 Å². The van der Waals surface area contributed by atoms with Crippen LogP contribution in [0.3, 0.4) is 0 Å². The molecule has 0 unspecified atom stereocenters. The number of hydrogen-bond acceptors (Lipinski definition) is 2. The molecule has 4 atom stereocenters. The van der Waals surface area contributed by atoms with Crippen molar-refractivity contribution in [2.45, 2.75) is 90.4 Å². The average molecular weight is 306 g/mol. The largest absolute Gasteiger partial charge is 0.386 e. The molecule has 0 radical (unpaired) electrons. The molecule has 0 spiro atoms. The van der Waals surface area contributed by atoms with Gasteiger partial charge in [-0.15, -0.1) is 0 Å². The van der Waals surface area contributed by atoms with Crippen molar-refractivity contribution in [3.8, 4) is 0 Å². The molecule has 0 aromatic rings. The molecule has 0 aromatic heterocycles. The predicted octanol–water partition coefficient (Wildman–Crippen LogP) is 5.02. The van der Waals surface area contributed by atoms with Crippen LogP contribution in [-0.2, 0) is 4.74 Å². The maximum atomic E-state index is 10.5. The second kappa shape index (κ2) is 6.88. The molecule has 1 heterocycles. The SMILES string of the molecule is C/C1=C\CC[C@@](C)(O)/C=C/[C@H](C(C)C)CC[C@]2(C)O[C@H]2CC1. The van der Waals surface area contributed by atoms with E-state index in [4.69, 9.17) is 4.74 Å². The molecule has 1 N–H and O–H groups in total. The highest BCUT2D eigenvalue weighted by atomic mass is 16.6. The molecule has 1 fully saturated rings. The van der Waals surface area contributed by atoms with Gasteiger partial charge in [-0.2, -0.15) is 0 Å². The summed E-state index contributed by atoms with van der Waals surface area (Å²) in [5.74, 6) is 1.12. The van der Waals surface area contributed by atoms with Gasteiger partial charge in [-0.25, -0.2) is 0 Å². The van der Waals surface area contributed by atoms with Gasteiger partial charge in [0.05, 0.1) is 17.3 Å². The average Bonchev–Trinajstić information content (AvgIpc) is 3.06. The molecule has 2 aliphatic rings. The van der Waals surface area contributed by atoms with Crippen molar-refractivity contribution in [1.82, 2.24) is 0 Å². The standard InChI is InChI=1S/C20H34O2/c1-15(2)17-10-13-19(4,21)12-6-7-16(3)8-9-18-20(5,22-18)14-11-17/h7,10,13,15,17-18,21H,6,8-9,11-12,14H2,1-5H3/b13-10+,16-7+/t17-,18-,19+,20-/m0/s1. The quantitative estimate of drug-likeness (QED) is 0.545. The molecule has 0 aromatic carbocycles. The Labute approximate surface area is 136 Å². The first-order chi connectivity index (χ1) is 10.2. The Morgan fingerprint density at radius 2 is 1.95 bits per heavy atom. The lowest BCUT2D eigenvalue weighted by Gasteiger charge is -2.23. The molecule has 2 heteroatoms. The summed E-state index contributed by atoms with van der Waals surface area (Å²) in [5.41, 5.74) is 0.819. The van der Waals surface area contributed by atoms with Crippen molar-refractivity contribution in [2.75, 3.05) is 0 Å². The van der Waals surface area contributed by atoms with Crippen molar-refractivity contribution in [1.29, 1.82) is 0 Å². The summed E-state index contributed by atoms with van der Waals surface area (Å²) in [4.78, 5) is 0. The third-order valence-electron chi connectivity index (χ3n) is 5.51. The summed E-state index contributed by atoms with van der Waals surface area (Å²) in [5, 5.41) is 10.5. The summed E-state index contributed by atoms with van der Waals surface area (Å²) in [6, 6.07) is 0. The maximum absolute atomic E-state index is 10.5. The van der Waals surface area contributed by atoms with Crippen molar-refractivity contribution in [3.05, 3.63) is 23.8 Å². The summed E-state index contributed by atoms with van der Waals surface area (Å²) in [6.45, 7) is 10.9. The topological polar surface area (TPSA) is 32.8 Å². The molecule has 1 aliphatic heterocycles. The van der Waals surface area contributed by atoms with E-state index < -0.39 is 5.60 Å². The predicted molar refractivity (Wildman–Crippen MR) is 92.8 cm³/mol. The number of hydrogen-bond donors (Lipinski definition) is 1. The highest BCUT2D eigenvalue weighted by Gasteiger charge is 2.50. The smallest absolute Gasteiger partial charge is 0.0920 e. The van der Waals surface area contributed by atoms with Crippen LogP contribution >= 0.6 is 0 Å². The third kappa shape index (κ3) is 4.96. The molecule has 2 nitrogen and oxygen atoms in total. The Hall–Kier alpha value is -0.600.